The van der Waals surface area contributed by atoms with Gasteiger partial charge in [0.25, 0.3) is 0 Å². The van der Waals surface area contributed by atoms with Crippen molar-refractivity contribution in [1.29, 1.82) is 0 Å². The molecule has 0 N–H and O–H groups in total. The van der Waals surface area contributed by atoms with E-state index in [2.05, 4.69) is 72.8 Å². The van der Waals surface area contributed by atoms with Crippen LogP contribution < -0.4 is 14.2 Å². The third-order valence-electron chi connectivity index (χ3n) is 17.8. The van der Waals surface area contributed by atoms with E-state index >= 15 is 0 Å². The normalized spacial score (nSPS) is 23.3. The zero-order valence-electron chi connectivity index (χ0n) is 33.1. The Bertz CT molecular complexity index is 4080. The highest BCUT2D eigenvalue weighted by Gasteiger charge is 2.94. The van der Waals surface area contributed by atoms with Crippen LogP contribution in [-0.4, -0.2) is 34.4 Å². The van der Waals surface area contributed by atoms with Crippen LogP contribution in [0.25, 0.3) is 130 Å². The SMILES string of the molecule is COC(=O)CCCC1(c2c(OC)cc(OC)cc2OC)C23C4=CC=C5c6ccc7c8ccc9c%10ccc%11c%12ccc4c4c2c2c%13c(c6c7c6c8c9c7c%10c%11c(c4%12)c2c7c%136)C513. The summed E-state index contributed by atoms with van der Waals surface area (Å²) in [5, 5.41) is 31.6. The number of hydrogen-bond acceptors (Lipinski definition) is 5. The smallest absolute Gasteiger partial charge is 0.305 e. The Balaban J connectivity index is 1.19. The van der Waals surface area contributed by atoms with E-state index in [1.165, 1.54) is 159 Å². The number of methoxy groups -OCH3 is 4. The first kappa shape index (κ1) is 29.4. The molecule has 5 aliphatic carbocycles. The third kappa shape index (κ3) is 2.16. The largest absolute Gasteiger partial charge is 0.496 e. The molecule has 18 rings (SSSR count). The Labute approximate surface area is 340 Å². The molecule has 1 saturated carbocycles. The second-order valence-corrected chi connectivity index (χ2v) is 18.8. The number of allylic oxidation sites excluding steroid dienone is 4. The van der Waals surface area contributed by atoms with Gasteiger partial charge in [0.05, 0.1) is 28.4 Å². The minimum absolute atomic E-state index is 0.183. The molecule has 280 valence electrons. The summed E-state index contributed by atoms with van der Waals surface area (Å²) in [6, 6.07) is 23.7. The molecule has 2 spiro atoms. The predicted molar refractivity (Wildman–Crippen MR) is 241 cm³/mol. The van der Waals surface area contributed by atoms with Gasteiger partial charge in [-0.3, -0.25) is 4.79 Å². The highest BCUT2D eigenvalue weighted by atomic mass is 16.5. The second kappa shape index (κ2) is 8.18. The molecule has 0 amide bonds. The Morgan fingerprint density at radius 2 is 0.867 bits per heavy atom. The van der Waals surface area contributed by atoms with Crippen molar-refractivity contribution in [3.63, 3.8) is 0 Å². The van der Waals surface area contributed by atoms with E-state index in [-0.39, 0.29) is 5.97 Å². The van der Waals surface area contributed by atoms with E-state index in [1.807, 2.05) is 0 Å². The Hall–Kier alpha value is -6.85. The van der Waals surface area contributed by atoms with Gasteiger partial charge >= 0.3 is 5.97 Å². The molecule has 5 heteroatoms. The summed E-state index contributed by atoms with van der Waals surface area (Å²) >= 11 is 0. The van der Waals surface area contributed by atoms with Crippen LogP contribution in [0.5, 0.6) is 17.2 Å². The van der Waals surface area contributed by atoms with Crippen molar-refractivity contribution >= 4 is 136 Å². The van der Waals surface area contributed by atoms with Gasteiger partial charge in [0.2, 0.25) is 0 Å². The maximum Gasteiger partial charge on any atom is 0.305 e. The monoisotopic (exact) mass is 770 g/mol. The van der Waals surface area contributed by atoms with Crippen LogP contribution in [0.1, 0.15) is 47.1 Å². The Morgan fingerprint density at radius 1 is 0.467 bits per heavy atom. The van der Waals surface area contributed by atoms with Gasteiger partial charge in [-0.15, -0.1) is 0 Å². The molecule has 0 saturated heterocycles. The van der Waals surface area contributed by atoms with Gasteiger partial charge in [-0.1, -0.05) is 60.7 Å². The fourth-order valence-corrected chi connectivity index (χ4v) is 16.7. The first-order valence-corrected chi connectivity index (χ1v) is 21.3. The minimum Gasteiger partial charge on any atom is -0.496 e. The first-order chi connectivity index (χ1) is 29.5. The summed E-state index contributed by atoms with van der Waals surface area (Å²) in [5.41, 5.74) is 7.91. The van der Waals surface area contributed by atoms with Crippen LogP contribution in [0.4, 0.5) is 0 Å². The Morgan fingerprint density at radius 3 is 1.28 bits per heavy atom. The summed E-state index contributed by atoms with van der Waals surface area (Å²) < 4.78 is 24.4. The molecule has 5 aliphatic rings. The van der Waals surface area contributed by atoms with E-state index in [1.54, 1.807) is 21.3 Å². The van der Waals surface area contributed by atoms with E-state index < -0.39 is 16.2 Å². The molecule has 0 radical (unpaired) electrons. The summed E-state index contributed by atoms with van der Waals surface area (Å²) in [5.74, 6) is 2.03. The summed E-state index contributed by atoms with van der Waals surface area (Å²) in [4.78, 5) is 13.2. The van der Waals surface area contributed by atoms with Crippen LogP contribution in [0.3, 0.4) is 0 Å². The zero-order valence-corrected chi connectivity index (χ0v) is 33.1. The van der Waals surface area contributed by atoms with Gasteiger partial charge < -0.3 is 18.9 Å². The van der Waals surface area contributed by atoms with Gasteiger partial charge in [0, 0.05) is 40.4 Å². The van der Waals surface area contributed by atoms with Crippen molar-refractivity contribution in [1.82, 2.24) is 0 Å². The third-order valence-corrected chi connectivity index (χ3v) is 17.8. The molecule has 0 heterocycles. The molecule has 13 aromatic rings. The van der Waals surface area contributed by atoms with Crippen LogP contribution in [0.15, 0.2) is 72.8 Å². The quantitative estimate of drug-likeness (QED) is 0.114. The lowest BCUT2D eigenvalue weighted by atomic mass is 9.70. The van der Waals surface area contributed by atoms with E-state index in [0.717, 1.165) is 23.5 Å². The van der Waals surface area contributed by atoms with Crippen molar-refractivity contribution in [2.75, 3.05) is 28.4 Å². The first-order valence-electron chi connectivity index (χ1n) is 21.3. The number of carbonyl (C=O) groups excluding carboxylic acids is 1. The number of ether oxygens (including phenoxy) is 4. The number of carbonyl (C=O) groups is 1. The second-order valence-electron chi connectivity index (χ2n) is 18.8. The average Bonchev–Trinajstić information content (AvgIpc) is 3.94. The van der Waals surface area contributed by atoms with Crippen molar-refractivity contribution in [2.45, 2.75) is 35.5 Å². The number of hydrogen-bond donors (Lipinski definition) is 0. The highest BCUT2D eigenvalue weighted by molar-refractivity contribution is 6.65. The molecule has 2 atom stereocenters. The molecule has 1 fully saturated rings. The lowest BCUT2D eigenvalue weighted by molar-refractivity contribution is -0.140. The van der Waals surface area contributed by atoms with E-state index in [4.69, 9.17) is 18.9 Å². The molecule has 2 unspecified atom stereocenters. The van der Waals surface area contributed by atoms with Gasteiger partial charge in [0.15, 0.2) is 0 Å². The van der Waals surface area contributed by atoms with Gasteiger partial charge in [-0.05, 0) is 165 Å². The van der Waals surface area contributed by atoms with Gasteiger partial charge in [-0.2, -0.15) is 0 Å². The number of fused-ring (bicyclic) bond motifs is 5. The van der Waals surface area contributed by atoms with E-state index in [9.17, 15) is 4.79 Å². The molecular weight excluding hydrogens is 741 g/mol. The minimum atomic E-state index is -0.606. The van der Waals surface area contributed by atoms with Crippen LogP contribution in [0.2, 0.25) is 0 Å². The molecule has 5 nitrogen and oxygen atoms in total. The molecule has 0 aromatic heterocycles. The van der Waals surface area contributed by atoms with Crippen LogP contribution in [0, 0.1) is 0 Å². The predicted octanol–water partition coefficient (Wildman–Crippen LogP) is 12.5. The fourth-order valence-electron chi connectivity index (χ4n) is 16.7. The highest BCUT2D eigenvalue weighted by Crippen LogP contribution is 2.96. The van der Waals surface area contributed by atoms with Crippen LogP contribution >= 0.6 is 0 Å². The molecule has 0 bridgehead atoms. The zero-order chi connectivity index (χ0) is 39.0. The molecular formula is C55H30O5. The molecule has 0 aliphatic heterocycles. The topological polar surface area (TPSA) is 54.0 Å². The Kier molecular flexibility index (Phi) is 4.00. The van der Waals surface area contributed by atoms with Gasteiger partial charge in [-0.25, -0.2) is 0 Å². The van der Waals surface area contributed by atoms with Crippen molar-refractivity contribution in [3.05, 3.63) is 101 Å². The average molecular weight is 771 g/mol. The van der Waals surface area contributed by atoms with Crippen molar-refractivity contribution in [3.8, 4) is 17.2 Å². The lowest BCUT2D eigenvalue weighted by Crippen LogP contribution is -2.25. The molecule has 13 aromatic carbocycles. The number of benzene rings is 9. The fraction of sp³-hybridized carbons (Fsp3) is 0.182. The summed E-state index contributed by atoms with van der Waals surface area (Å²) in [6.45, 7) is 0. The van der Waals surface area contributed by atoms with Crippen molar-refractivity contribution in [2.24, 2.45) is 0 Å². The summed E-state index contributed by atoms with van der Waals surface area (Å²) in [6.07, 6.45) is 6.69. The van der Waals surface area contributed by atoms with Gasteiger partial charge in [0.1, 0.15) is 17.2 Å². The van der Waals surface area contributed by atoms with Crippen molar-refractivity contribution < 1.29 is 23.7 Å². The van der Waals surface area contributed by atoms with Crippen LogP contribution in [-0.2, 0) is 25.8 Å². The number of rotatable bonds is 8. The van der Waals surface area contributed by atoms with E-state index in [0.29, 0.717) is 18.6 Å². The number of esters is 1. The maximum absolute atomic E-state index is 13.2. The molecule has 60 heavy (non-hydrogen) atoms. The lowest BCUT2D eigenvalue weighted by Gasteiger charge is -2.31. The maximum atomic E-state index is 13.2. The summed E-state index contributed by atoms with van der Waals surface area (Å²) in [7, 11) is 6.78. The standard InChI is InChI=1S/C55H30O5/c1-57-20-18-31(58-2)50(32(19-20)59-3)53(17-5-6-33(56)60-4)54-29-15-16-30-28-14-12-26-24-10-8-22-21-7-9-23-25-11-13-27(29)40-38(25)43-36(23)34(21)42-35(22)37(24)44-39(26)41(28)52(55(30,53)54)49-47(44)45(42)46(43)48(49)51(40)54/h7-16,18-19H,5-6,17H2,1-4H3.